The van der Waals surface area contributed by atoms with Gasteiger partial charge in [-0.15, -0.1) is 0 Å². The van der Waals surface area contributed by atoms with Crippen molar-refractivity contribution in [3.8, 4) is 45.6 Å². The van der Waals surface area contributed by atoms with Gasteiger partial charge in [0.15, 0.2) is 0 Å². The Morgan fingerprint density at radius 2 is 0.841 bits per heavy atom. The van der Waals surface area contributed by atoms with Gasteiger partial charge in [0.2, 0.25) is 0 Å². The number of benzene rings is 5. The van der Waals surface area contributed by atoms with Crippen molar-refractivity contribution in [3.63, 3.8) is 0 Å². The summed E-state index contributed by atoms with van der Waals surface area (Å²) in [6.45, 7) is 0. The average molecular weight is 871 g/mol. The summed E-state index contributed by atoms with van der Waals surface area (Å²) < 4.78 is 0.460. The van der Waals surface area contributed by atoms with Crippen LogP contribution in [0.4, 0.5) is 0 Å². The van der Waals surface area contributed by atoms with Gasteiger partial charge < -0.3 is 0 Å². The molecule has 3 aromatic heterocycles. The molecule has 0 saturated heterocycles. The van der Waals surface area contributed by atoms with Crippen LogP contribution in [0.2, 0.25) is 0 Å². The summed E-state index contributed by atoms with van der Waals surface area (Å²) in [5.74, 6) is -0.721. The van der Waals surface area contributed by atoms with E-state index in [0.29, 0.717) is 73.4 Å². The topological polar surface area (TPSA) is 184 Å². The van der Waals surface area contributed by atoms with Gasteiger partial charge >= 0.3 is 337 Å². The molecule has 0 atom stereocenters. The predicted molar refractivity (Wildman–Crippen MR) is 229 cm³/mol. The number of amides is 4. The number of aromatic nitrogens is 8. The first-order chi connectivity index (χ1) is 30.8. The van der Waals surface area contributed by atoms with Crippen molar-refractivity contribution in [3.05, 3.63) is 161 Å². The van der Waals surface area contributed by atoms with E-state index in [9.17, 15) is 19.2 Å². The first-order valence-corrected chi connectivity index (χ1v) is 21.3. The molecule has 2 N–H and O–H groups in total. The van der Waals surface area contributed by atoms with Gasteiger partial charge in [0.05, 0.1) is 0 Å². The second kappa shape index (κ2) is 13.9. The number of carbonyl (C=O) groups is 4. The zero-order valence-electron chi connectivity index (χ0n) is 32.7. The summed E-state index contributed by atoms with van der Waals surface area (Å²) in [6.07, 6.45) is 2.06. The number of rotatable bonds is 5. The number of H-pyrrole nitrogens is 2. The number of carbonyl (C=O) groups excluding carboxylic acids is 4. The third-order valence-electron chi connectivity index (χ3n) is 11.5. The van der Waals surface area contributed by atoms with Gasteiger partial charge in [-0.3, -0.25) is 0 Å². The molecule has 8 aromatic rings. The summed E-state index contributed by atoms with van der Waals surface area (Å²) >= 11 is 0.362. The molecule has 14 nitrogen and oxygen atoms in total. The molecule has 0 unspecified atom stereocenters. The van der Waals surface area contributed by atoms with Crippen LogP contribution in [-0.2, 0) is 17.9 Å². The van der Waals surface area contributed by atoms with Gasteiger partial charge in [0.1, 0.15) is 0 Å². The Hall–Kier alpha value is -8.29. The van der Waals surface area contributed by atoms with Gasteiger partial charge in [-0.25, -0.2) is 0 Å². The zero-order chi connectivity index (χ0) is 42.5. The van der Waals surface area contributed by atoms with Crippen LogP contribution in [0.1, 0.15) is 47.0 Å². The van der Waals surface area contributed by atoms with Crippen LogP contribution in [0.3, 0.4) is 0 Å². The Bertz CT molecular complexity index is 3490. The van der Waals surface area contributed by atoms with E-state index in [1.807, 2.05) is 72.8 Å². The molecular weight excluding hydrogens is 846 g/mol. The summed E-state index contributed by atoms with van der Waals surface area (Å²) in [6, 6.07) is 39.5. The van der Waals surface area contributed by atoms with E-state index in [2.05, 4.69) is 16.0 Å². The molecule has 7 heterocycles. The number of hydrogen-bond acceptors (Lipinski definition) is 10. The SMILES string of the molecule is O=C1c2ccccc2C(=O)N1C([C](=[Zn])/C=C\c1[c-]c2nc3nc(nc4[nH]c(nc5nc(nc1[nH]2)-c1ccccc1-5)c1ccccc41)-c1ccccc1-3)N1C(=O)c2ccccc2C1=O. The molecule has 5 aromatic carbocycles. The molecule has 4 amide bonds. The van der Waals surface area contributed by atoms with E-state index < -0.39 is 29.8 Å². The maximum absolute atomic E-state index is 14.0. The molecule has 0 radical (unpaired) electrons. The van der Waals surface area contributed by atoms with Crippen LogP contribution in [0, 0.1) is 6.07 Å². The van der Waals surface area contributed by atoms with Gasteiger partial charge in [0.25, 0.3) is 0 Å². The third-order valence-corrected chi connectivity index (χ3v) is 12.7. The van der Waals surface area contributed by atoms with Crippen LogP contribution >= 0.6 is 0 Å². The number of hydrogen-bond donors (Lipinski definition) is 2. The Labute approximate surface area is 365 Å². The number of aromatic amines is 2. The quantitative estimate of drug-likeness (QED) is 0.102. The van der Waals surface area contributed by atoms with E-state index in [0.717, 1.165) is 42.8 Å². The molecule has 0 saturated carbocycles. The fourth-order valence-corrected chi connectivity index (χ4v) is 9.53. The number of nitrogens with zero attached hydrogens (tertiary/aromatic N) is 8. The maximum atomic E-state index is 14.0. The minimum atomic E-state index is -1.35. The summed E-state index contributed by atoms with van der Waals surface area (Å²) in [5.41, 5.74) is 6.11. The second-order valence-electron chi connectivity index (χ2n) is 15.1. The molecular formula is C48H25N10O4Zn-. The Balaban J connectivity index is 1.06. The molecule has 0 spiro atoms. The molecule has 63 heavy (non-hydrogen) atoms. The zero-order valence-corrected chi connectivity index (χ0v) is 35.7. The van der Waals surface area contributed by atoms with Crippen molar-refractivity contribution in [2.45, 2.75) is 6.17 Å². The Morgan fingerprint density at radius 1 is 0.476 bits per heavy atom. The fourth-order valence-electron chi connectivity index (χ4n) is 8.52. The van der Waals surface area contributed by atoms with Crippen LogP contribution in [0.25, 0.3) is 85.0 Å². The molecule has 4 aliphatic rings. The monoisotopic (exact) mass is 869 g/mol. The normalized spacial score (nSPS) is 14.0. The number of imide groups is 2. The predicted octanol–water partition coefficient (Wildman–Crippen LogP) is 7.17. The Kier molecular flexibility index (Phi) is 8.05. The number of fused-ring (bicyclic) bond motifs is 19. The third kappa shape index (κ3) is 5.63. The standard InChI is InChI=1S/C48H25N10O4.Zn/c59-45-32-19-7-8-20-33(32)46(60)57(45)37(58-47(61)34-21-9-10-22-35(34)48(58)62)23-11-12-25-24-36-49-38(25)51-40-28-15-3-4-16-29(28)42(53-40)55-44-31-18-6-5-17-30(31)43(56-44)54-41-27-14-2-1-13-26(27)39(50-36)52-41;/h1-22,37H,(H2,49,50,51,52,53,54,55,56);/q-1;/b12-11-;. The van der Waals surface area contributed by atoms with E-state index in [-0.39, 0.29) is 22.3 Å². The summed E-state index contributed by atoms with van der Waals surface area (Å²) in [5, 5.41) is 1.73. The fraction of sp³-hybridized carbons (Fsp3) is 0.0208. The van der Waals surface area contributed by atoms with Crippen LogP contribution in [-0.4, -0.2) is 83.6 Å². The van der Waals surface area contributed by atoms with Gasteiger partial charge in [-0.1, -0.05) is 24.3 Å². The van der Waals surface area contributed by atoms with Crippen molar-refractivity contribution < 1.29 is 37.0 Å². The van der Waals surface area contributed by atoms with Crippen LogP contribution in [0.5, 0.6) is 0 Å². The second-order valence-corrected chi connectivity index (χ2v) is 16.8. The van der Waals surface area contributed by atoms with Gasteiger partial charge in [-0.05, 0) is 0 Å². The summed E-state index contributed by atoms with van der Waals surface area (Å²) in [4.78, 5) is 94.8. The molecule has 4 aliphatic heterocycles. The van der Waals surface area contributed by atoms with Crippen LogP contribution < -0.4 is 0 Å². The average Bonchev–Trinajstić information content (AvgIpc) is 4.14. The molecule has 0 fully saturated rings. The van der Waals surface area contributed by atoms with E-state index in [4.69, 9.17) is 29.9 Å². The van der Waals surface area contributed by atoms with E-state index in [1.54, 1.807) is 60.7 Å². The van der Waals surface area contributed by atoms with Gasteiger partial charge in [-0.2, -0.15) is 0 Å². The first-order valence-electron chi connectivity index (χ1n) is 19.9. The van der Waals surface area contributed by atoms with E-state index in [1.165, 1.54) is 0 Å². The van der Waals surface area contributed by atoms with Crippen molar-refractivity contribution in [1.29, 1.82) is 0 Å². The molecule has 294 valence electrons. The van der Waals surface area contributed by atoms with Crippen molar-refractivity contribution >= 4 is 67.2 Å². The number of nitrogens with one attached hydrogen (secondary N) is 2. The molecule has 0 aliphatic carbocycles. The minimum absolute atomic E-state index is 0.192. The molecule has 12 rings (SSSR count). The first kappa shape index (κ1) is 36.6. The summed E-state index contributed by atoms with van der Waals surface area (Å²) in [7, 11) is 0. The van der Waals surface area contributed by atoms with Crippen molar-refractivity contribution in [2.24, 2.45) is 0 Å². The van der Waals surface area contributed by atoms with E-state index >= 15 is 0 Å². The Morgan fingerprint density at radius 3 is 1.27 bits per heavy atom. The van der Waals surface area contributed by atoms with Crippen molar-refractivity contribution in [1.82, 2.24) is 49.7 Å². The van der Waals surface area contributed by atoms with Crippen molar-refractivity contribution in [2.75, 3.05) is 0 Å². The molecule has 15 heteroatoms. The van der Waals surface area contributed by atoms with Crippen LogP contribution in [0.15, 0.2) is 127 Å². The molecule has 8 bridgehead atoms. The van der Waals surface area contributed by atoms with Gasteiger partial charge in [0, 0.05) is 5.39 Å².